The molecule has 0 saturated heterocycles. The van der Waals surface area contributed by atoms with Crippen molar-refractivity contribution in [1.82, 2.24) is 5.32 Å². The van der Waals surface area contributed by atoms with E-state index in [4.69, 9.17) is 0 Å². The first kappa shape index (κ1) is 12.0. The van der Waals surface area contributed by atoms with Gasteiger partial charge in [0.1, 0.15) is 0 Å². The molecule has 0 fully saturated rings. The first-order chi connectivity index (χ1) is 5.38. The second-order valence-corrected chi connectivity index (χ2v) is 5.25. The summed E-state index contributed by atoms with van der Waals surface area (Å²) in [5.74, 6) is 1.60. The van der Waals surface area contributed by atoms with E-state index in [1.54, 1.807) is 0 Å². The Hall–Kier alpha value is -0.0400. The molecule has 0 bridgehead atoms. The number of hydrogen-bond donors (Lipinski definition) is 1. The molecule has 0 heterocycles. The topological polar surface area (TPSA) is 12.0 Å². The third kappa shape index (κ3) is 4.76. The maximum absolute atomic E-state index is 3.28. The molecule has 0 aliphatic carbocycles. The van der Waals surface area contributed by atoms with Crippen LogP contribution in [-0.2, 0) is 0 Å². The molecule has 1 atom stereocenters. The van der Waals surface area contributed by atoms with E-state index in [1.165, 1.54) is 6.42 Å². The zero-order chi connectivity index (χ0) is 9.78. The highest BCUT2D eigenvalue weighted by Crippen LogP contribution is 2.30. The van der Waals surface area contributed by atoms with Gasteiger partial charge in [0.05, 0.1) is 0 Å². The van der Waals surface area contributed by atoms with Gasteiger partial charge in [-0.2, -0.15) is 0 Å². The maximum atomic E-state index is 3.28. The predicted octanol–water partition coefficient (Wildman–Crippen LogP) is 2.91. The molecule has 0 aromatic heterocycles. The monoisotopic (exact) mass is 171 g/mol. The summed E-state index contributed by atoms with van der Waals surface area (Å²) in [6, 6.07) is 0. The van der Waals surface area contributed by atoms with Crippen LogP contribution < -0.4 is 5.32 Å². The van der Waals surface area contributed by atoms with Gasteiger partial charge in [0.2, 0.25) is 0 Å². The van der Waals surface area contributed by atoms with Crippen molar-refractivity contribution >= 4 is 0 Å². The van der Waals surface area contributed by atoms with Crippen LogP contribution in [0.2, 0.25) is 0 Å². The van der Waals surface area contributed by atoms with Crippen molar-refractivity contribution in [3.63, 3.8) is 0 Å². The Bertz CT molecular complexity index is 111. The highest BCUT2D eigenvalue weighted by molar-refractivity contribution is 4.76. The third-order valence-corrected chi connectivity index (χ3v) is 2.43. The fourth-order valence-electron chi connectivity index (χ4n) is 1.56. The van der Waals surface area contributed by atoms with Crippen molar-refractivity contribution in [3.8, 4) is 0 Å². The number of rotatable bonds is 4. The van der Waals surface area contributed by atoms with Crippen LogP contribution in [0.4, 0.5) is 0 Å². The van der Waals surface area contributed by atoms with Gasteiger partial charge >= 0.3 is 0 Å². The Morgan fingerprint density at radius 2 is 1.67 bits per heavy atom. The van der Waals surface area contributed by atoms with E-state index in [0.29, 0.717) is 5.41 Å². The minimum atomic E-state index is 0.438. The van der Waals surface area contributed by atoms with E-state index in [2.05, 4.69) is 39.9 Å². The first-order valence-electron chi connectivity index (χ1n) is 5.02. The maximum Gasteiger partial charge on any atom is -0.00184 e. The number of nitrogens with one attached hydrogen (secondary N) is 1. The molecule has 0 aliphatic rings. The molecule has 0 amide bonds. The summed E-state index contributed by atoms with van der Waals surface area (Å²) >= 11 is 0. The third-order valence-electron chi connectivity index (χ3n) is 2.43. The molecule has 1 nitrogen and oxygen atoms in total. The standard InChI is InChI=1S/C11H25N/c1-9(2)7-10(8-12-6)11(3,4)5/h9-10,12H,7-8H2,1-6H3. The molecular formula is C11H25N. The normalized spacial score (nSPS) is 15.2. The molecule has 0 saturated carbocycles. The summed E-state index contributed by atoms with van der Waals surface area (Å²) in [6.45, 7) is 12.7. The summed E-state index contributed by atoms with van der Waals surface area (Å²) in [4.78, 5) is 0. The molecule has 1 heteroatoms. The molecular weight excluding hydrogens is 146 g/mol. The largest absolute Gasteiger partial charge is 0.319 e. The second kappa shape index (κ2) is 4.86. The van der Waals surface area contributed by atoms with Gasteiger partial charge in [0, 0.05) is 0 Å². The Morgan fingerprint density at radius 1 is 1.17 bits per heavy atom. The number of hydrogen-bond acceptors (Lipinski definition) is 1. The van der Waals surface area contributed by atoms with Crippen LogP contribution in [-0.4, -0.2) is 13.6 Å². The summed E-state index contributed by atoms with van der Waals surface area (Å²) in [6.07, 6.45) is 1.32. The minimum absolute atomic E-state index is 0.438. The summed E-state index contributed by atoms with van der Waals surface area (Å²) in [5, 5.41) is 3.28. The van der Waals surface area contributed by atoms with Crippen LogP contribution in [0.1, 0.15) is 41.0 Å². The summed E-state index contributed by atoms with van der Waals surface area (Å²) in [5.41, 5.74) is 0.438. The fraction of sp³-hybridized carbons (Fsp3) is 1.00. The lowest BCUT2D eigenvalue weighted by Crippen LogP contribution is -2.31. The van der Waals surface area contributed by atoms with E-state index in [9.17, 15) is 0 Å². The fourth-order valence-corrected chi connectivity index (χ4v) is 1.56. The van der Waals surface area contributed by atoms with Gasteiger partial charge in [0.15, 0.2) is 0 Å². The highest BCUT2D eigenvalue weighted by atomic mass is 14.8. The van der Waals surface area contributed by atoms with Gasteiger partial charge < -0.3 is 5.32 Å². The molecule has 0 aromatic carbocycles. The molecule has 0 rings (SSSR count). The van der Waals surface area contributed by atoms with E-state index >= 15 is 0 Å². The first-order valence-corrected chi connectivity index (χ1v) is 5.02. The molecule has 1 N–H and O–H groups in total. The van der Waals surface area contributed by atoms with Crippen molar-refractivity contribution in [2.24, 2.45) is 17.3 Å². The predicted molar refractivity (Wildman–Crippen MR) is 56.3 cm³/mol. The van der Waals surface area contributed by atoms with Crippen LogP contribution in [0.15, 0.2) is 0 Å². The van der Waals surface area contributed by atoms with Crippen LogP contribution in [0.5, 0.6) is 0 Å². The minimum Gasteiger partial charge on any atom is -0.319 e. The zero-order valence-corrected chi connectivity index (χ0v) is 9.57. The average molecular weight is 171 g/mol. The van der Waals surface area contributed by atoms with Gasteiger partial charge in [-0.05, 0) is 37.3 Å². The van der Waals surface area contributed by atoms with E-state index in [-0.39, 0.29) is 0 Å². The lowest BCUT2D eigenvalue weighted by Gasteiger charge is -2.32. The van der Waals surface area contributed by atoms with Crippen LogP contribution in [0.25, 0.3) is 0 Å². The van der Waals surface area contributed by atoms with Crippen LogP contribution in [0, 0.1) is 17.3 Å². The molecule has 12 heavy (non-hydrogen) atoms. The highest BCUT2D eigenvalue weighted by Gasteiger charge is 2.24. The second-order valence-electron chi connectivity index (χ2n) is 5.25. The SMILES string of the molecule is CNCC(CC(C)C)C(C)(C)C. The molecule has 1 unspecified atom stereocenters. The Kier molecular flexibility index (Phi) is 4.84. The lowest BCUT2D eigenvalue weighted by atomic mass is 9.76. The van der Waals surface area contributed by atoms with Crippen molar-refractivity contribution in [2.75, 3.05) is 13.6 Å². The van der Waals surface area contributed by atoms with Gasteiger partial charge in [-0.25, -0.2) is 0 Å². The summed E-state index contributed by atoms with van der Waals surface area (Å²) < 4.78 is 0. The van der Waals surface area contributed by atoms with Gasteiger partial charge in [-0.3, -0.25) is 0 Å². The molecule has 0 spiro atoms. The molecule has 0 aliphatic heterocycles. The van der Waals surface area contributed by atoms with Crippen LogP contribution in [0.3, 0.4) is 0 Å². The zero-order valence-electron chi connectivity index (χ0n) is 9.57. The van der Waals surface area contributed by atoms with Crippen LogP contribution >= 0.6 is 0 Å². The summed E-state index contributed by atoms with van der Waals surface area (Å²) in [7, 11) is 2.04. The van der Waals surface area contributed by atoms with E-state index < -0.39 is 0 Å². The quantitative estimate of drug-likeness (QED) is 0.686. The molecule has 0 aromatic rings. The van der Waals surface area contributed by atoms with Crippen molar-refractivity contribution in [2.45, 2.75) is 41.0 Å². The van der Waals surface area contributed by atoms with Crippen molar-refractivity contribution in [1.29, 1.82) is 0 Å². The Labute approximate surface area is 77.9 Å². The Morgan fingerprint density at radius 3 is 1.92 bits per heavy atom. The average Bonchev–Trinajstić information content (AvgIpc) is 1.83. The molecule has 74 valence electrons. The van der Waals surface area contributed by atoms with Gasteiger partial charge in [0.25, 0.3) is 0 Å². The van der Waals surface area contributed by atoms with E-state index in [0.717, 1.165) is 18.4 Å². The van der Waals surface area contributed by atoms with Gasteiger partial charge in [-0.15, -0.1) is 0 Å². The lowest BCUT2D eigenvalue weighted by molar-refractivity contribution is 0.201. The van der Waals surface area contributed by atoms with Gasteiger partial charge in [-0.1, -0.05) is 34.6 Å². The smallest absolute Gasteiger partial charge is 0.00184 e. The van der Waals surface area contributed by atoms with Crippen molar-refractivity contribution in [3.05, 3.63) is 0 Å². The molecule has 0 radical (unpaired) electrons. The van der Waals surface area contributed by atoms with Crippen molar-refractivity contribution < 1.29 is 0 Å². The van der Waals surface area contributed by atoms with E-state index in [1.807, 2.05) is 7.05 Å². The Balaban J connectivity index is 4.04.